The van der Waals surface area contributed by atoms with Gasteiger partial charge < -0.3 is 29.0 Å². The van der Waals surface area contributed by atoms with E-state index in [1.165, 1.54) is 38.6 Å². The number of nitrogens with zero attached hydrogens (tertiary/aromatic N) is 12. The molecule has 22 rings (SSSR count). The second kappa shape index (κ2) is 41.9. The normalized spacial score (nSPS) is 11.1. The molecule has 19 heteroatoms. The predicted octanol–water partition coefficient (Wildman–Crippen LogP) is 28.4. The summed E-state index contributed by atoms with van der Waals surface area (Å²) in [6.07, 6.45) is 16.9. The van der Waals surface area contributed by atoms with Gasteiger partial charge in [-0.2, -0.15) is 0 Å². The third-order valence-electron chi connectivity index (χ3n) is 25.6. The van der Waals surface area contributed by atoms with Crippen LogP contribution in [0.3, 0.4) is 0 Å². The molecule has 15 nitrogen and oxygen atoms in total. The minimum atomic E-state index is -1.69. The summed E-state index contributed by atoms with van der Waals surface area (Å²) < 4.78 is 5.95. The van der Waals surface area contributed by atoms with Gasteiger partial charge in [0.15, 0.2) is 0 Å². The maximum absolute atomic E-state index is 10.8. The third kappa shape index (κ3) is 20.3. The van der Waals surface area contributed by atoms with Gasteiger partial charge in [-0.3, -0.25) is 29.9 Å². The molecule has 0 fully saturated rings. The van der Waals surface area contributed by atoms with Crippen LogP contribution < -0.4 is 5.19 Å². The van der Waals surface area contributed by atoms with E-state index >= 15 is 0 Å². The van der Waals surface area contributed by atoms with Gasteiger partial charge in [-0.15, -0.1) is 77.4 Å². The quantitative estimate of drug-likeness (QED) is 0.0578. The maximum Gasteiger partial charge on any atom is 0.143 e. The number of hydrogen-bond acceptors (Lipinski definition) is 12. The number of fused-ring (bicyclic) bond motifs is 3. The Bertz CT molecular complexity index is 8360. The Morgan fingerprint density at radius 3 is 0.887 bits per heavy atom. The monoisotopic (exact) mass is 2390 g/mol. The van der Waals surface area contributed by atoms with E-state index in [4.69, 9.17) is 29.9 Å². The molecule has 0 aliphatic heterocycles. The van der Waals surface area contributed by atoms with E-state index in [1.54, 1.807) is 18.2 Å². The first-order valence-corrected chi connectivity index (χ1v) is 49.5. The van der Waals surface area contributed by atoms with Gasteiger partial charge in [0.05, 0.1) is 76.5 Å². The Balaban J connectivity index is 0.000000144. The summed E-state index contributed by atoms with van der Waals surface area (Å²) in [5.41, 5.74) is 38.9. The molecule has 0 aliphatic rings. The molecular weight excluding hydrogens is 2290 g/mol. The predicted molar refractivity (Wildman–Crippen MR) is 564 cm³/mol. The Morgan fingerprint density at radius 1 is 0.241 bits per heavy atom. The van der Waals surface area contributed by atoms with Gasteiger partial charge in [-0.05, 0) is 171 Å². The Labute approximate surface area is 865 Å². The van der Waals surface area contributed by atoms with Crippen LogP contribution in [0.4, 0.5) is 0 Å². The van der Waals surface area contributed by atoms with Crippen LogP contribution in [-0.2, 0) is 84.3 Å². The van der Waals surface area contributed by atoms with Crippen LogP contribution in [0.25, 0.3) is 212 Å². The number of aryl methyl sites for hydroxylation is 8. The summed E-state index contributed by atoms with van der Waals surface area (Å²) in [6, 6.07) is 119. The molecular formula is C122H97N12O3Pt3Si-3. The minimum Gasteiger partial charge on any atom is -0.507 e. The zero-order valence-corrected chi connectivity index (χ0v) is 87.2. The second-order valence-electron chi connectivity index (χ2n) is 36.2. The molecule has 0 saturated heterocycles. The van der Waals surface area contributed by atoms with Crippen LogP contribution in [0.15, 0.2) is 371 Å². The van der Waals surface area contributed by atoms with Crippen LogP contribution in [0.5, 0.6) is 17.2 Å². The standard InChI is InChI=1S/C44H33N4O.C40H35N4OSi.C38H29N4O.3Pt/c1-28-14-19-42(49)38(20-28)44-47-43-39(26-45-27-41(43)48(44)3)35-21-34(31-12-8-5-9-13-31)22-36(23-35)40-24-37(29(2)25-46-40)33-17-15-32(16-18-33)30-10-6-4-7-11-30;1-26-16-17-37(45)33(18-26)40-43-39-34(23-41-24-36(39)44(40)2)30-19-29(27-12-8-6-9-13-27)20-31(21-30)35-22-32(28-14-10-7-11-15-28)38(25-42-35)46(3,4)5;1-24-12-17-36(43)32(18-24)38-41-37-33(22-39-23-35(37)42(38)3)29-10-7-11-30(19-29)34-20-31(25(2)21-40-34)28-15-13-27(14-16-28)26-8-5-4-6-9-26;;;/h4-22,24-27,49H,1-3H3;6-20,22-25,45H,1-5H3;4-18,20-23,43H,1-3H3;;;/q3*-1;;;. The minimum absolute atomic E-state index is 0. The second-order valence-corrected chi connectivity index (χ2v) is 41.2. The number of hydrogen-bond donors (Lipinski definition) is 3. The Kier molecular flexibility index (Phi) is 29.0. The fourth-order valence-corrected chi connectivity index (χ4v) is 19.6. The van der Waals surface area contributed by atoms with E-state index in [9.17, 15) is 15.3 Å². The number of aromatic hydroxyl groups is 3. The molecule has 9 aromatic heterocycles. The SMILES string of the molecule is Cc1ccc(O)c(-c2nc3c(-c4[c-]c(-c5cc(-c6ccc(-c7ccccc7)cc6)c(C)cn5)cc(-c5ccccc5)c4)cncc3n2C)c1.Cc1ccc(O)c(-c2nc3c(-c4[c-]c(-c5cc(-c6ccc(-c7ccccc7)cc6)c(C)cn5)ccc4)cncc3n2C)c1.Cc1ccc(O)c(-c2nc3c(-c4[c-]c(-c5cc(-c6ccccc6)c([Si](C)(C)C)cn5)cc(-c5ccccc5)c4)cncc3n2C)c1.[Pt].[Pt].[Pt]. The Hall–Kier alpha value is -15.1. The molecule has 22 aromatic rings. The van der Waals surface area contributed by atoms with E-state index in [0.717, 1.165) is 173 Å². The van der Waals surface area contributed by atoms with Crippen molar-refractivity contribution in [3.05, 3.63) is 417 Å². The zero-order valence-electron chi connectivity index (χ0n) is 79.4. The molecule has 700 valence electrons. The fraction of sp³-hybridized carbons (Fsp3) is 0.0902. The molecule has 0 unspecified atom stereocenters. The van der Waals surface area contributed by atoms with E-state index in [1.807, 2.05) is 196 Å². The summed E-state index contributed by atoms with van der Waals surface area (Å²) in [6.45, 7) is 17.3. The van der Waals surface area contributed by atoms with Gasteiger partial charge in [0, 0.05) is 139 Å². The smallest absolute Gasteiger partial charge is 0.143 e. The van der Waals surface area contributed by atoms with Crippen molar-refractivity contribution in [2.24, 2.45) is 21.1 Å². The first kappa shape index (κ1) is 97.5. The summed E-state index contributed by atoms with van der Waals surface area (Å²) in [4.78, 5) is 43.7. The van der Waals surface area contributed by atoms with Gasteiger partial charge in [0.2, 0.25) is 0 Å². The number of phenolic OH excluding ortho intramolecular Hbond substituents is 3. The summed E-state index contributed by atoms with van der Waals surface area (Å²) >= 11 is 0. The van der Waals surface area contributed by atoms with Crippen molar-refractivity contribution in [1.82, 2.24) is 58.6 Å². The number of pyridine rings is 6. The third-order valence-corrected chi connectivity index (χ3v) is 27.6. The maximum atomic E-state index is 10.8. The largest absolute Gasteiger partial charge is 0.507 e. The van der Waals surface area contributed by atoms with Crippen molar-refractivity contribution >= 4 is 46.4 Å². The number of phenols is 3. The number of imidazole rings is 3. The first-order valence-electron chi connectivity index (χ1n) is 46.0. The van der Waals surface area contributed by atoms with Crippen LogP contribution in [0.2, 0.25) is 19.6 Å². The van der Waals surface area contributed by atoms with Gasteiger partial charge in [0.1, 0.15) is 34.7 Å². The van der Waals surface area contributed by atoms with Gasteiger partial charge in [-0.25, -0.2) is 15.0 Å². The molecule has 0 spiro atoms. The molecule has 0 atom stereocenters. The van der Waals surface area contributed by atoms with Crippen LogP contribution >= 0.6 is 0 Å². The van der Waals surface area contributed by atoms with E-state index in [-0.39, 0.29) is 80.4 Å². The van der Waals surface area contributed by atoms with Crippen LogP contribution in [0, 0.1) is 52.8 Å². The Morgan fingerprint density at radius 2 is 0.525 bits per heavy atom. The van der Waals surface area contributed by atoms with E-state index < -0.39 is 8.07 Å². The zero-order chi connectivity index (χ0) is 95.0. The van der Waals surface area contributed by atoms with Crippen LogP contribution in [0.1, 0.15) is 27.8 Å². The van der Waals surface area contributed by atoms with Crippen molar-refractivity contribution in [2.75, 3.05) is 0 Å². The fourth-order valence-electron chi connectivity index (χ4n) is 18.1. The van der Waals surface area contributed by atoms with Gasteiger partial charge in [-0.1, -0.05) is 301 Å². The molecule has 141 heavy (non-hydrogen) atoms. The average molecular weight is 2390 g/mol. The number of aromatic nitrogens is 12. The number of rotatable bonds is 17. The molecule has 0 saturated carbocycles. The summed E-state index contributed by atoms with van der Waals surface area (Å²) in [7, 11) is 4.17. The van der Waals surface area contributed by atoms with Gasteiger partial charge >= 0.3 is 0 Å². The van der Waals surface area contributed by atoms with Crippen molar-refractivity contribution in [1.29, 1.82) is 0 Å². The van der Waals surface area contributed by atoms with E-state index in [0.29, 0.717) is 34.2 Å². The molecule has 0 aliphatic carbocycles. The molecule has 0 radical (unpaired) electrons. The average Bonchev–Trinajstić information content (AvgIpc) is 1.07. The molecule has 3 N–H and O–H groups in total. The topological polar surface area (TPSA) is 191 Å². The molecule has 13 aromatic carbocycles. The molecule has 0 bridgehead atoms. The molecule has 9 heterocycles. The first-order chi connectivity index (χ1) is 67.1. The van der Waals surface area contributed by atoms with Crippen molar-refractivity contribution < 1.29 is 78.5 Å². The van der Waals surface area contributed by atoms with Crippen molar-refractivity contribution in [2.45, 2.75) is 54.3 Å². The van der Waals surface area contributed by atoms with Gasteiger partial charge in [0.25, 0.3) is 0 Å². The molecule has 0 amide bonds. The van der Waals surface area contributed by atoms with E-state index in [2.05, 4.69) is 279 Å². The van der Waals surface area contributed by atoms with Crippen molar-refractivity contribution in [3.63, 3.8) is 0 Å². The summed E-state index contributed by atoms with van der Waals surface area (Å²) in [5, 5.41) is 33.4. The summed E-state index contributed by atoms with van der Waals surface area (Å²) in [5.74, 6) is 2.62. The number of benzene rings is 13. The van der Waals surface area contributed by atoms with Crippen LogP contribution in [-0.4, -0.2) is 82.0 Å². The van der Waals surface area contributed by atoms with Crippen molar-refractivity contribution in [3.8, 4) is 196 Å².